The molecule has 0 saturated heterocycles. The SMILES string of the molecule is Cl.Cl.NCc1ccc(F)c(Br)n1. The Morgan fingerprint density at radius 3 is 2.42 bits per heavy atom. The number of aromatic nitrogens is 1. The first-order valence-corrected chi connectivity index (χ1v) is 3.54. The van der Waals surface area contributed by atoms with Gasteiger partial charge in [0.05, 0.1) is 5.69 Å². The van der Waals surface area contributed by atoms with E-state index in [1.807, 2.05) is 0 Å². The zero-order chi connectivity index (χ0) is 7.56. The van der Waals surface area contributed by atoms with Gasteiger partial charge in [-0.15, -0.1) is 24.8 Å². The summed E-state index contributed by atoms with van der Waals surface area (Å²) in [5, 5.41) is 0. The Morgan fingerprint density at radius 2 is 2.00 bits per heavy atom. The molecular formula is C6H8BrCl2FN2. The number of hydrogen-bond acceptors (Lipinski definition) is 2. The lowest BCUT2D eigenvalue weighted by Gasteiger charge is -1.96. The van der Waals surface area contributed by atoms with Crippen molar-refractivity contribution in [3.63, 3.8) is 0 Å². The van der Waals surface area contributed by atoms with Crippen LogP contribution in [0.15, 0.2) is 16.7 Å². The molecule has 1 aromatic heterocycles. The maximum absolute atomic E-state index is 12.5. The smallest absolute Gasteiger partial charge is 0.155 e. The highest BCUT2D eigenvalue weighted by Crippen LogP contribution is 2.11. The van der Waals surface area contributed by atoms with Crippen LogP contribution >= 0.6 is 40.7 Å². The van der Waals surface area contributed by atoms with Gasteiger partial charge in [0.15, 0.2) is 5.82 Å². The van der Waals surface area contributed by atoms with E-state index in [1.165, 1.54) is 6.07 Å². The van der Waals surface area contributed by atoms with E-state index in [4.69, 9.17) is 5.73 Å². The van der Waals surface area contributed by atoms with E-state index in [9.17, 15) is 4.39 Å². The third-order valence-corrected chi connectivity index (χ3v) is 1.63. The molecule has 70 valence electrons. The Morgan fingerprint density at radius 1 is 1.42 bits per heavy atom. The average Bonchev–Trinajstić information content (AvgIpc) is 1.95. The largest absolute Gasteiger partial charge is 0.325 e. The van der Waals surface area contributed by atoms with Crippen LogP contribution in [0.3, 0.4) is 0 Å². The molecule has 1 heterocycles. The third-order valence-electron chi connectivity index (χ3n) is 1.07. The van der Waals surface area contributed by atoms with E-state index in [-0.39, 0.29) is 35.2 Å². The van der Waals surface area contributed by atoms with E-state index < -0.39 is 0 Å². The summed E-state index contributed by atoms with van der Waals surface area (Å²) < 4.78 is 12.7. The maximum Gasteiger partial charge on any atom is 0.155 e. The lowest BCUT2D eigenvalue weighted by Crippen LogP contribution is -1.99. The van der Waals surface area contributed by atoms with Gasteiger partial charge in [0, 0.05) is 6.54 Å². The van der Waals surface area contributed by atoms with Crippen LogP contribution in [-0.2, 0) is 6.54 Å². The number of hydrogen-bond donors (Lipinski definition) is 1. The molecule has 0 aliphatic heterocycles. The molecule has 1 rings (SSSR count). The molecule has 0 unspecified atom stereocenters. The van der Waals surface area contributed by atoms with Gasteiger partial charge in [0.25, 0.3) is 0 Å². The number of pyridine rings is 1. The molecular weight excluding hydrogens is 270 g/mol. The zero-order valence-corrected chi connectivity index (χ0v) is 9.18. The van der Waals surface area contributed by atoms with Crippen LogP contribution < -0.4 is 5.73 Å². The van der Waals surface area contributed by atoms with Crippen molar-refractivity contribution >= 4 is 40.7 Å². The van der Waals surface area contributed by atoms with Crippen LogP contribution in [0, 0.1) is 5.82 Å². The lowest BCUT2D eigenvalue weighted by atomic mass is 10.3. The number of nitrogens with two attached hydrogens (primary N) is 1. The van der Waals surface area contributed by atoms with Crippen molar-refractivity contribution in [2.24, 2.45) is 5.73 Å². The molecule has 0 aliphatic carbocycles. The van der Waals surface area contributed by atoms with Gasteiger partial charge in [-0.2, -0.15) is 0 Å². The van der Waals surface area contributed by atoms with Crippen molar-refractivity contribution in [1.82, 2.24) is 4.98 Å². The second kappa shape index (κ2) is 6.60. The van der Waals surface area contributed by atoms with Gasteiger partial charge >= 0.3 is 0 Å². The highest BCUT2D eigenvalue weighted by molar-refractivity contribution is 9.10. The average molecular weight is 278 g/mol. The molecule has 0 radical (unpaired) electrons. The van der Waals surface area contributed by atoms with E-state index in [0.29, 0.717) is 12.2 Å². The summed E-state index contributed by atoms with van der Waals surface area (Å²) in [5.41, 5.74) is 5.94. The molecule has 12 heavy (non-hydrogen) atoms. The minimum absolute atomic E-state index is 0. The summed E-state index contributed by atoms with van der Waals surface area (Å²) in [5.74, 6) is -0.364. The van der Waals surface area contributed by atoms with Crippen molar-refractivity contribution in [2.45, 2.75) is 6.54 Å². The Hall–Kier alpha value is 0.1000. The molecule has 2 nitrogen and oxygen atoms in total. The first kappa shape index (κ1) is 14.6. The van der Waals surface area contributed by atoms with Gasteiger partial charge in [0.2, 0.25) is 0 Å². The normalized spacial score (nSPS) is 8.25. The van der Waals surface area contributed by atoms with Crippen LogP contribution in [0.1, 0.15) is 5.69 Å². The fraction of sp³-hybridized carbons (Fsp3) is 0.167. The fourth-order valence-electron chi connectivity index (χ4n) is 0.569. The van der Waals surface area contributed by atoms with Crippen LogP contribution in [0.5, 0.6) is 0 Å². The van der Waals surface area contributed by atoms with Crippen molar-refractivity contribution < 1.29 is 4.39 Å². The Bertz CT molecular complexity index is 247. The first-order valence-electron chi connectivity index (χ1n) is 2.75. The van der Waals surface area contributed by atoms with E-state index in [1.54, 1.807) is 6.07 Å². The summed E-state index contributed by atoms with van der Waals surface area (Å²) >= 11 is 2.95. The van der Waals surface area contributed by atoms with Crippen LogP contribution in [0.4, 0.5) is 4.39 Å². The topological polar surface area (TPSA) is 38.9 Å². The second-order valence-electron chi connectivity index (χ2n) is 1.78. The molecule has 0 amide bonds. The number of rotatable bonds is 1. The van der Waals surface area contributed by atoms with Gasteiger partial charge in [0.1, 0.15) is 4.60 Å². The molecule has 0 fully saturated rings. The van der Waals surface area contributed by atoms with Crippen LogP contribution in [-0.4, -0.2) is 4.98 Å². The molecule has 0 saturated carbocycles. The molecule has 6 heteroatoms. The van der Waals surface area contributed by atoms with Crippen molar-refractivity contribution in [3.8, 4) is 0 Å². The van der Waals surface area contributed by atoms with Gasteiger partial charge in [-0.25, -0.2) is 9.37 Å². The highest BCUT2D eigenvalue weighted by Gasteiger charge is 1.99. The fourth-order valence-corrected chi connectivity index (χ4v) is 0.928. The van der Waals surface area contributed by atoms with E-state index in [0.717, 1.165) is 0 Å². The van der Waals surface area contributed by atoms with E-state index >= 15 is 0 Å². The predicted octanol–water partition coefficient (Wildman–Crippen LogP) is 2.29. The van der Waals surface area contributed by atoms with Crippen LogP contribution in [0.25, 0.3) is 0 Å². The molecule has 0 atom stereocenters. The molecule has 0 bridgehead atoms. The van der Waals surface area contributed by atoms with Crippen LogP contribution in [0.2, 0.25) is 0 Å². The Kier molecular flexibility index (Phi) is 8.04. The molecule has 1 aromatic rings. The summed E-state index contributed by atoms with van der Waals surface area (Å²) in [6, 6.07) is 2.89. The minimum atomic E-state index is -0.364. The minimum Gasteiger partial charge on any atom is -0.325 e. The van der Waals surface area contributed by atoms with Crippen molar-refractivity contribution in [3.05, 3.63) is 28.2 Å². The molecule has 0 spiro atoms. The molecule has 2 N–H and O–H groups in total. The number of halogens is 4. The van der Waals surface area contributed by atoms with Gasteiger partial charge in [-0.1, -0.05) is 0 Å². The maximum atomic E-state index is 12.5. The summed E-state index contributed by atoms with van der Waals surface area (Å²) in [7, 11) is 0. The lowest BCUT2D eigenvalue weighted by molar-refractivity contribution is 0.610. The van der Waals surface area contributed by atoms with Gasteiger partial charge in [-0.05, 0) is 28.1 Å². The van der Waals surface area contributed by atoms with Crippen molar-refractivity contribution in [1.29, 1.82) is 0 Å². The zero-order valence-electron chi connectivity index (χ0n) is 5.96. The predicted molar refractivity (Wildman–Crippen MR) is 54.3 cm³/mol. The monoisotopic (exact) mass is 276 g/mol. The Labute approximate surface area is 90.7 Å². The Balaban J connectivity index is 0. The molecule has 0 aliphatic rings. The quantitative estimate of drug-likeness (QED) is 0.800. The van der Waals surface area contributed by atoms with Crippen molar-refractivity contribution in [2.75, 3.05) is 0 Å². The number of nitrogens with zero attached hydrogens (tertiary/aromatic N) is 1. The van der Waals surface area contributed by atoms with Gasteiger partial charge in [-0.3, -0.25) is 0 Å². The summed E-state index contributed by atoms with van der Waals surface area (Å²) in [4.78, 5) is 3.81. The molecule has 0 aromatic carbocycles. The van der Waals surface area contributed by atoms with Gasteiger partial charge < -0.3 is 5.73 Å². The first-order chi connectivity index (χ1) is 4.74. The highest BCUT2D eigenvalue weighted by atomic mass is 79.9. The standard InChI is InChI=1S/C6H6BrFN2.2ClH/c7-6-5(8)2-1-4(3-9)10-6;;/h1-2H,3,9H2;2*1H. The second-order valence-corrected chi connectivity index (χ2v) is 2.53. The summed E-state index contributed by atoms with van der Waals surface area (Å²) in [6.45, 7) is 0.332. The third kappa shape index (κ3) is 3.67. The summed E-state index contributed by atoms with van der Waals surface area (Å²) in [6.07, 6.45) is 0. The van der Waals surface area contributed by atoms with E-state index in [2.05, 4.69) is 20.9 Å².